The zero-order chi connectivity index (χ0) is 9.68. The van der Waals surface area contributed by atoms with Crippen molar-refractivity contribution in [2.45, 2.75) is 11.4 Å². The molecule has 5 heteroatoms. The number of halogens is 3. The fourth-order valence-electron chi connectivity index (χ4n) is 0.732. The molecule has 1 heterocycles. The van der Waals surface area contributed by atoms with Crippen molar-refractivity contribution in [3.8, 4) is 0 Å². The van der Waals surface area contributed by atoms with Crippen LogP contribution in [0.5, 0.6) is 0 Å². The van der Waals surface area contributed by atoms with Crippen molar-refractivity contribution in [2.75, 3.05) is 11.6 Å². The van der Waals surface area contributed by atoms with E-state index in [0.717, 1.165) is 12.2 Å². The second-order valence-corrected chi connectivity index (χ2v) is 4.23. The Bertz CT molecular complexity index is 283. The molecule has 0 aliphatic carbocycles. The maximum Gasteiger partial charge on any atom is 0.156 e. The average Bonchev–Trinajstić information content (AvgIpc) is 2.09. The predicted molar refractivity (Wildman–Crippen MR) is 55.3 cm³/mol. The van der Waals surface area contributed by atoms with Gasteiger partial charge < -0.3 is 0 Å². The lowest BCUT2D eigenvalue weighted by Crippen LogP contribution is -1.88. The lowest BCUT2D eigenvalue weighted by molar-refractivity contribution is 0.588. The van der Waals surface area contributed by atoms with Gasteiger partial charge in [0, 0.05) is 17.8 Å². The number of rotatable bonds is 4. The van der Waals surface area contributed by atoms with Crippen molar-refractivity contribution in [1.82, 2.24) is 4.98 Å². The molecule has 0 aliphatic rings. The van der Waals surface area contributed by atoms with Gasteiger partial charge in [-0.1, -0.05) is 11.6 Å². The molecule has 0 N–H and O–H groups in total. The van der Waals surface area contributed by atoms with Crippen LogP contribution in [0.1, 0.15) is 6.42 Å². The second kappa shape index (κ2) is 5.68. The zero-order valence-corrected chi connectivity index (χ0v) is 9.09. The van der Waals surface area contributed by atoms with Crippen LogP contribution in [-0.4, -0.2) is 16.6 Å². The highest BCUT2D eigenvalue weighted by molar-refractivity contribution is 7.99. The molecule has 0 aromatic carbocycles. The molecular weight excluding hydrogens is 232 g/mol. The van der Waals surface area contributed by atoms with E-state index in [1.165, 1.54) is 24.0 Å². The minimum absolute atomic E-state index is 0.319. The highest BCUT2D eigenvalue weighted by atomic mass is 35.5. The maximum absolute atomic E-state index is 13.1. The molecule has 0 radical (unpaired) electrons. The van der Waals surface area contributed by atoms with Gasteiger partial charge in [0.2, 0.25) is 0 Å². The van der Waals surface area contributed by atoms with Gasteiger partial charge in [0.05, 0.1) is 5.02 Å². The maximum atomic E-state index is 13.1. The fraction of sp³-hybridized carbons (Fsp3) is 0.375. The van der Waals surface area contributed by atoms with Gasteiger partial charge >= 0.3 is 0 Å². The van der Waals surface area contributed by atoms with Crippen molar-refractivity contribution < 1.29 is 4.39 Å². The van der Waals surface area contributed by atoms with Crippen LogP contribution in [-0.2, 0) is 0 Å². The summed E-state index contributed by atoms with van der Waals surface area (Å²) < 4.78 is 13.1. The summed E-state index contributed by atoms with van der Waals surface area (Å²) in [4.78, 5) is 3.86. The van der Waals surface area contributed by atoms with Crippen molar-refractivity contribution in [3.63, 3.8) is 0 Å². The predicted octanol–water partition coefficient (Wildman–Crippen LogP) is 3.60. The third-order valence-corrected chi connectivity index (χ3v) is 2.83. The summed E-state index contributed by atoms with van der Waals surface area (Å²) in [6.07, 6.45) is 2.28. The third kappa shape index (κ3) is 3.71. The summed E-state index contributed by atoms with van der Waals surface area (Å²) in [6, 6.07) is 1.26. The number of hydrogen-bond donors (Lipinski definition) is 0. The molecule has 1 rings (SSSR count). The first kappa shape index (κ1) is 11.1. The van der Waals surface area contributed by atoms with Gasteiger partial charge in [0.1, 0.15) is 5.03 Å². The van der Waals surface area contributed by atoms with Crippen LogP contribution in [0.2, 0.25) is 5.02 Å². The third-order valence-electron chi connectivity index (χ3n) is 1.29. The zero-order valence-electron chi connectivity index (χ0n) is 6.77. The summed E-state index contributed by atoms with van der Waals surface area (Å²) in [5, 5.41) is 0.703. The van der Waals surface area contributed by atoms with Gasteiger partial charge in [-0.2, -0.15) is 0 Å². The summed E-state index contributed by atoms with van der Waals surface area (Å²) in [7, 11) is 0. The Morgan fingerprint density at radius 2 is 2.31 bits per heavy atom. The Kier molecular flexibility index (Phi) is 4.84. The first-order valence-corrected chi connectivity index (χ1v) is 5.63. The number of aromatic nitrogens is 1. The van der Waals surface area contributed by atoms with E-state index >= 15 is 0 Å². The highest BCUT2D eigenvalue weighted by Crippen LogP contribution is 2.21. The summed E-state index contributed by atoms with van der Waals surface area (Å²) in [5.41, 5.74) is 0. The van der Waals surface area contributed by atoms with Crippen LogP contribution >= 0.6 is 35.0 Å². The van der Waals surface area contributed by atoms with Gasteiger partial charge in [-0.3, -0.25) is 0 Å². The van der Waals surface area contributed by atoms with Crippen LogP contribution in [0, 0.1) is 5.82 Å². The van der Waals surface area contributed by atoms with E-state index in [9.17, 15) is 4.39 Å². The average molecular weight is 240 g/mol. The minimum Gasteiger partial charge on any atom is -0.245 e. The molecule has 0 saturated carbocycles. The van der Waals surface area contributed by atoms with Crippen LogP contribution < -0.4 is 0 Å². The Labute approximate surface area is 90.6 Å². The van der Waals surface area contributed by atoms with E-state index in [4.69, 9.17) is 23.2 Å². The molecule has 0 bridgehead atoms. The smallest absolute Gasteiger partial charge is 0.156 e. The SMILES string of the molecule is Fc1cc(Cl)cnc1SCCCCl. The van der Waals surface area contributed by atoms with Crippen molar-refractivity contribution in [3.05, 3.63) is 23.1 Å². The van der Waals surface area contributed by atoms with Gasteiger partial charge in [-0.25, -0.2) is 9.37 Å². The van der Waals surface area contributed by atoms with Crippen molar-refractivity contribution in [1.29, 1.82) is 0 Å². The lowest BCUT2D eigenvalue weighted by atomic mass is 10.5. The van der Waals surface area contributed by atoms with E-state index in [-0.39, 0.29) is 5.82 Å². The van der Waals surface area contributed by atoms with Crippen LogP contribution in [0.15, 0.2) is 17.3 Å². The molecule has 0 fully saturated rings. The molecule has 0 aliphatic heterocycles. The van der Waals surface area contributed by atoms with Gasteiger partial charge in [-0.15, -0.1) is 23.4 Å². The number of alkyl halides is 1. The van der Waals surface area contributed by atoms with Gasteiger partial charge in [0.15, 0.2) is 5.82 Å². The molecule has 0 saturated heterocycles. The van der Waals surface area contributed by atoms with E-state index in [0.29, 0.717) is 15.9 Å². The monoisotopic (exact) mass is 239 g/mol. The lowest BCUT2D eigenvalue weighted by Gasteiger charge is -2.00. The molecule has 0 unspecified atom stereocenters. The molecule has 1 aromatic rings. The number of thioether (sulfide) groups is 1. The first-order valence-electron chi connectivity index (χ1n) is 3.74. The Balaban J connectivity index is 2.56. The quantitative estimate of drug-likeness (QED) is 0.453. The van der Waals surface area contributed by atoms with E-state index < -0.39 is 0 Å². The molecule has 0 amide bonds. The standard InChI is InChI=1S/C8H8Cl2FNS/c9-2-1-3-13-8-7(11)4-6(10)5-12-8/h4-5H,1-3H2. The number of pyridine rings is 1. The normalized spacial score (nSPS) is 10.4. The molecule has 1 nitrogen and oxygen atoms in total. The number of nitrogens with zero attached hydrogens (tertiary/aromatic N) is 1. The largest absolute Gasteiger partial charge is 0.245 e. The molecule has 13 heavy (non-hydrogen) atoms. The fourth-order valence-corrected chi connectivity index (χ4v) is 1.97. The molecule has 0 spiro atoms. The van der Waals surface area contributed by atoms with Crippen LogP contribution in [0.4, 0.5) is 4.39 Å². The topological polar surface area (TPSA) is 12.9 Å². The van der Waals surface area contributed by atoms with E-state index in [1.807, 2.05) is 0 Å². The molecule has 1 aromatic heterocycles. The van der Waals surface area contributed by atoms with Crippen LogP contribution in [0.3, 0.4) is 0 Å². The number of hydrogen-bond acceptors (Lipinski definition) is 2. The second-order valence-electron chi connectivity index (χ2n) is 2.33. The molecule has 0 atom stereocenters. The van der Waals surface area contributed by atoms with Crippen molar-refractivity contribution >= 4 is 35.0 Å². The highest BCUT2D eigenvalue weighted by Gasteiger charge is 2.04. The summed E-state index contributed by atoms with van der Waals surface area (Å²) in [5.74, 6) is 0.990. The summed E-state index contributed by atoms with van der Waals surface area (Å²) in [6.45, 7) is 0. The Morgan fingerprint density at radius 1 is 1.54 bits per heavy atom. The Hall–Kier alpha value is 0.01000. The van der Waals surface area contributed by atoms with Gasteiger partial charge in [-0.05, 0) is 12.5 Å². The van der Waals surface area contributed by atoms with Gasteiger partial charge in [0.25, 0.3) is 0 Å². The van der Waals surface area contributed by atoms with E-state index in [2.05, 4.69) is 4.98 Å². The first-order chi connectivity index (χ1) is 6.24. The van der Waals surface area contributed by atoms with Crippen molar-refractivity contribution in [2.24, 2.45) is 0 Å². The minimum atomic E-state index is -0.368. The van der Waals surface area contributed by atoms with E-state index in [1.54, 1.807) is 0 Å². The summed E-state index contributed by atoms with van der Waals surface area (Å²) >= 11 is 12.4. The molecule has 72 valence electrons. The van der Waals surface area contributed by atoms with Crippen LogP contribution in [0.25, 0.3) is 0 Å². The Morgan fingerprint density at radius 3 is 2.92 bits per heavy atom. The molecular formula is C8H8Cl2FNS.